The van der Waals surface area contributed by atoms with Crippen LogP contribution in [0.1, 0.15) is 156 Å². The highest BCUT2D eigenvalue weighted by Crippen LogP contribution is 2.26. The van der Waals surface area contributed by atoms with Gasteiger partial charge in [-0.2, -0.15) is 0 Å². The van der Waals surface area contributed by atoms with Gasteiger partial charge >= 0.3 is 0 Å². The van der Waals surface area contributed by atoms with Crippen LogP contribution >= 0.6 is 0 Å². The number of hydrogen-bond acceptors (Lipinski definition) is 2. The number of rotatable bonds is 23. The van der Waals surface area contributed by atoms with Crippen molar-refractivity contribution in [3.63, 3.8) is 0 Å². The quantitative estimate of drug-likeness (QED) is 0.117. The van der Waals surface area contributed by atoms with Crippen molar-refractivity contribution in [3.05, 3.63) is 12.2 Å². The Hall–Kier alpha value is -0.340. The first kappa shape index (κ1) is 31.7. The first-order valence-electron chi connectivity index (χ1n) is 15.8. The van der Waals surface area contributed by atoms with E-state index in [9.17, 15) is 0 Å². The predicted molar refractivity (Wildman–Crippen MR) is 155 cm³/mol. The Kier molecular flexibility index (Phi) is 20.4. The summed E-state index contributed by atoms with van der Waals surface area (Å²) in [4.78, 5) is 2.78. The van der Waals surface area contributed by atoms with Crippen molar-refractivity contribution in [2.75, 3.05) is 19.6 Å². The van der Waals surface area contributed by atoms with Crippen LogP contribution in [0.3, 0.4) is 0 Å². The molecule has 3 unspecified atom stereocenters. The Balaban J connectivity index is 2.23. The van der Waals surface area contributed by atoms with Crippen LogP contribution in [0.25, 0.3) is 0 Å². The molecule has 0 saturated carbocycles. The fourth-order valence-corrected chi connectivity index (χ4v) is 5.87. The first-order chi connectivity index (χ1) is 16.6. The highest BCUT2D eigenvalue weighted by Gasteiger charge is 2.25. The number of allylic oxidation sites excluding steroid dienone is 1. The van der Waals surface area contributed by atoms with E-state index in [1.54, 1.807) is 5.57 Å². The van der Waals surface area contributed by atoms with Gasteiger partial charge in [0.2, 0.25) is 0 Å². The third kappa shape index (κ3) is 15.6. The third-order valence-corrected chi connectivity index (χ3v) is 8.08. The van der Waals surface area contributed by atoms with Crippen molar-refractivity contribution in [1.29, 1.82) is 0 Å². The summed E-state index contributed by atoms with van der Waals surface area (Å²) in [5.41, 5.74) is 1.55. The molecule has 202 valence electrons. The molecule has 0 aromatic rings. The van der Waals surface area contributed by atoms with Gasteiger partial charge in [-0.05, 0) is 57.4 Å². The number of piperazine rings is 1. The monoisotopic (exact) mass is 477 g/mol. The Morgan fingerprint density at radius 1 is 0.676 bits per heavy atom. The largest absolute Gasteiger partial charge is 0.309 e. The Bertz CT molecular complexity index is 460. The fraction of sp³-hybridized carbons (Fsp3) is 0.938. The van der Waals surface area contributed by atoms with Gasteiger partial charge in [-0.1, -0.05) is 123 Å². The minimum absolute atomic E-state index is 0.722. The smallest absolute Gasteiger partial charge is 0.0198 e. The fourth-order valence-electron chi connectivity index (χ4n) is 5.87. The van der Waals surface area contributed by atoms with Crippen LogP contribution in [-0.4, -0.2) is 36.6 Å². The van der Waals surface area contributed by atoms with E-state index in [-0.39, 0.29) is 0 Å². The van der Waals surface area contributed by atoms with Gasteiger partial charge in [0.1, 0.15) is 0 Å². The zero-order valence-corrected chi connectivity index (χ0v) is 24.1. The number of hydrogen-bond donors (Lipinski definition) is 1. The molecule has 1 aliphatic heterocycles. The molecule has 0 radical (unpaired) electrons. The van der Waals surface area contributed by atoms with Gasteiger partial charge in [0.15, 0.2) is 0 Å². The van der Waals surface area contributed by atoms with Crippen molar-refractivity contribution in [2.24, 2.45) is 5.92 Å². The molecule has 2 heteroatoms. The van der Waals surface area contributed by atoms with Gasteiger partial charge < -0.3 is 10.2 Å². The molecule has 1 rings (SSSR count). The molecule has 1 saturated heterocycles. The molecular weight excluding hydrogens is 412 g/mol. The lowest BCUT2D eigenvalue weighted by atomic mass is 9.87. The molecule has 1 fully saturated rings. The van der Waals surface area contributed by atoms with E-state index >= 15 is 0 Å². The highest BCUT2D eigenvalue weighted by molar-refractivity contribution is 5.00. The number of unbranched alkanes of at least 4 members (excludes halogenated alkanes) is 10. The molecule has 2 nitrogen and oxygen atoms in total. The summed E-state index contributed by atoms with van der Waals surface area (Å²) in [6.45, 7) is 17.6. The standard InChI is InChI=1S/C32H64N2/c1-6-10-13-15-19-24-31-27-34(26-12-8-3)28-32(33-31)25-20-17-14-16-18-22-29(5)30(21-9-4)23-11-7-2/h30-33H,5-28H2,1-4H3. The molecule has 0 amide bonds. The maximum absolute atomic E-state index is 4.48. The molecule has 1 aliphatic rings. The van der Waals surface area contributed by atoms with Crippen molar-refractivity contribution in [1.82, 2.24) is 10.2 Å². The third-order valence-electron chi connectivity index (χ3n) is 8.08. The second-order valence-corrected chi connectivity index (χ2v) is 11.5. The average Bonchev–Trinajstić information content (AvgIpc) is 2.84. The molecule has 34 heavy (non-hydrogen) atoms. The van der Waals surface area contributed by atoms with E-state index in [1.165, 1.54) is 148 Å². The van der Waals surface area contributed by atoms with Crippen LogP contribution in [0.5, 0.6) is 0 Å². The molecule has 0 bridgehead atoms. The van der Waals surface area contributed by atoms with Crippen LogP contribution in [0, 0.1) is 5.92 Å². The van der Waals surface area contributed by atoms with Gasteiger partial charge in [-0.15, -0.1) is 0 Å². The van der Waals surface area contributed by atoms with E-state index in [4.69, 9.17) is 0 Å². The average molecular weight is 477 g/mol. The highest BCUT2D eigenvalue weighted by atomic mass is 15.2. The molecule has 1 N–H and O–H groups in total. The Labute approximate surface area is 216 Å². The number of nitrogens with zero attached hydrogens (tertiary/aromatic N) is 1. The van der Waals surface area contributed by atoms with E-state index < -0.39 is 0 Å². The normalized spacial score (nSPS) is 20.0. The minimum atomic E-state index is 0.722. The molecule has 0 spiro atoms. The summed E-state index contributed by atoms with van der Waals surface area (Å²) in [5.74, 6) is 0.789. The lowest BCUT2D eigenvalue weighted by molar-refractivity contribution is 0.146. The van der Waals surface area contributed by atoms with E-state index in [0.717, 1.165) is 18.0 Å². The molecule has 0 aromatic carbocycles. The molecular formula is C32H64N2. The van der Waals surface area contributed by atoms with Crippen LogP contribution in [0.4, 0.5) is 0 Å². The van der Waals surface area contributed by atoms with Gasteiger partial charge in [0, 0.05) is 25.2 Å². The lowest BCUT2D eigenvalue weighted by Gasteiger charge is -2.39. The SMILES string of the molecule is C=C(CCCCCCCC1CN(CCCC)CC(CCCCCCC)N1)C(CCC)CCCC. The molecule has 0 aromatic heterocycles. The second-order valence-electron chi connectivity index (χ2n) is 11.5. The van der Waals surface area contributed by atoms with Crippen LogP contribution in [-0.2, 0) is 0 Å². The first-order valence-corrected chi connectivity index (χ1v) is 15.8. The maximum atomic E-state index is 4.48. The van der Waals surface area contributed by atoms with E-state index in [1.807, 2.05) is 0 Å². The Morgan fingerprint density at radius 3 is 1.82 bits per heavy atom. The minimum Gasteiger partial charge on any atom is -0.309 e. The van der Waals surface area contributed by atoms with Crippen molar-refractivity contribution in [3.8, 4) is 0 Å². The van der Waals surface area contributed by atoms with Crippen LogP contribution < -0.4 is 5.32 Å². The van der Waals surface area contributed by atoms with Gasteiger partial charge in [0.25, 0.3) is 0 Å². The van der Waals surface area contributed by atoms with Crippen molar-refractivity contribution < 1.29 is 0 Å². The van der Waals surface area contributed by atoms with Crippen molar-refractivity contribution in [2.45, 2.75) is 168 Å². The van der Waals surface area contributed by atoms with Crippen LogP contribution in [0.15, 0.2) is 12.2 Å². The summed E-state index contributed by atoms with van der Waals surface area (Å²) in [6, 6.07) is 1.45. The van der Waals surface area contributed by atoms with Gasteiger partial charge in [-0.25, -0.2) is 0 Å². The Morgan fingerprint density at radius 2 is 1.24 bits per heavy atom. The summed E-state index contributed by atoms with van der Waals surface area (Å²) in [7, 11) is 0. The zero-order chi connectivity index (χ0) is 24.9. The predicted octanol–water partition coefficient (Wildman–Crippen LogP) is 9.68. The lowest BCUT2D eigenvalue weighted by Crippen LogP contribution is -2.56. The van der Waals surface area contributed by atoms with Crippen molar-refractivity contribution >= 4 is 0 Å². The number of nitrogens with one attached hydrogen (secondary N) is 1. The van der Waals surface area contributed by atoms with Crippen LogP contribution in [0.2, 0.25) is 0 Å². The second kappa shape index (κ2) is 21.9. The summed E-state index contributed by atoms with van der Waals surface area (Å²) in [5, 5.41) is 4.06. The topological polar surface area (TPSA) is 15.3 Å². The maximum Gasteiger partial charge on any atom is 0.0198 e. The van der Waals surface area contributed by atoms with Gasteiger partial charge in [0.05, 0.1) is 0 Å². The molecule has 3 atom stereocenters. The molecule has 1 heterocycles. The van der Waals surface area contributed by atoms with E-state index in [2.05, 4.69) is 44.5 Å². The van der Waals surface area contributed by atoms with E-state index in [0.29, 0.717) is 0 Å². The summed E-state index contributed by atoms with van der Waals surface area (Å²) < 4.78 is 0. The zero-order valence-electron chi connectivity index (χ0n) is 24.1. The van der Waals surface area contributed by atoms with Gasteiger partial charge in [-0.3, -0.25) is 0 Å². The summed E-state index contributed by atoms with van der Waals surface area (Å²) in [6.07, 6.45) is 27.4. The summed E-state index contributed by atoms with van der Waals surface area (Å²) >= 11 is 0. The molecule has 0 aliphatic carbocycles.